The largest absolute Gasteiger partial charge is 0.382 e. The predicted octanol–water partition coefficient (Wildman–Crippen LogP) is 3.14. The molecule has 0 amide bonds. The van der Waals surface area contributed by atoms with Gasteiger partial charge in [0.1, 0.15) is 6.10 Å². The third kappa shape index (κ3) is 2.02. The number of hydrogen-bond acceptors (Lipinski definition) is 2. The Labute approximate surface area is 112 Å². The van der Waals surface area contributed by atoms with Crippen molar-refractivity contribution in [3.05, 3.63) is 66.0 Å². The van der Waals surface area contributed by atoms with Crippen molar-refractivity contribution in [1.29, 1.82) is 0 Å². The summed E-state index contributed by atoms with van der Waals surface area (Å²) in [5.41, 5.74) is 1.76. The van der Waals surface area contributed by atoms with Gasteiger partial charge < -0.3 is 5.11 Å². The van der Waals surface area contributed by atoms with E-state index in [0.717, 1.165) is 28.6 Å². The zero-order valence-electron chi connectivity index (χ0n) is 10.8. The monoisotopic (exact) mass is 252 g/mol. The molecular weight excluding hydrogens is 236 g/mol. The van der Waals surface area contributed by atoms with E-state index in [4.69, 9.17) is 0 Å². The second-order valence-corrected chi connectivity index (χ2v) is 4.54. The topological polar surface area (TPSA) is 38.0 Å². The molecule has 0 fully saturated rings. The van der Waals surface area contributed by atoms with Crippen LogP contribution in [0.15, 0.2) is 54.7 Å². The van der Waals surface area contributed by atoms with Gasteiger partial charge in [-0.2, -0.15) is 5.10 Å². The molecule has 96 valence electrons. The Bertz CT molecular complexity index is 697. The van der Waals surface area contributed by atoms with Gasteiger partial charge in [-0.05, 0) is 29.3 Å². The summed E-state index contributed by atoms with van der Waals surface area (Å²) in [7, 11) is 0. The number of nitrogens with zero attached hydrogens (tertiary/aromatic N) is 2. The fourth-order valence-corrected chi connectivity index (χ4v) is 2.49. The highest BCUT2D eigenvalue weighted by Crippen LogP contribution is 2.28. The molecular formula is C16H16N2O. The molecule has 0 aliphatic rings. The number of aryl methyl sites for hydroxylation is 1. The van der Waals surface area contributed by atoms with Gasteiger partial charge in [0.05, 0.1) is 5.69 Å². The van der Waals surface area contributed by atoms with Gasteiger partial charge in [0, 0.05) is 12.7 Å². The molecule has 1 atom stereocenters. The Morgan fingerprint density at radius 1 is 1.11 bits per heavy atom. The Morgan fingerprint density at radius 2 is 1.89 bits per heavy atom. The molecule has 0 aliphatic heterocycles. The lowest BCUT2D eigenvalue weighted by Gasteiger charge is -2.15. The second kappa shape index (κ2) is 4.86. The van der Waals surface area contributed by atoms with E-state index in [2.05, 4.69) is 17.2 Å². The second-order valence-electron chi connectivity index (χ2n) is 4.54. The molecule has 1 unspecified atom stereocenters. The van der Waals surface area contributed by atoms with Gasteiger partial charge in [-0.25, -0.2) is 0 Å². The number of benzene rings is 2. The van der Waals surface area contributed by atoms with Crippen molar-refractivity contribution < 1.29 is 5.11 Å². The summed E-state index contributed by atoms with van der Waals surface area (Å²) in [4.78, 5) is 0. The van der Waals surface area contributed by atoms with Gasteiger partial charge in [0.25, 0.3) is 0 Å². The molecule has 0 spiro atoms. The van der Waals surface area contributed by atoms with E-state index >= 15 is 0 Å². The molecule has 0 radical (unpaired) electrons. The molecule has 3 heteroatoms. The average molecular weight is 252 g/mol. The minimum atomic E-state index is -0.645. The van der Waals surface area contributed by atoms with Gasteiger partial charge >= 0.3 is 0 Å². The highest BCUT2D eigenvalue weighted by atomic mass is 16.3. The lowest BCUT2D eigenvalue weighted by molar-refractivity contribution is 0.209. The van der Waals surface area contributed by atoms with Crippen LogP contribution in [0.5, 0.6) is 0 Å². The molecule has 0 saturated heterocycles. The highest BCUT2D eigenvalue weighted by molar-refractivity contribution is 5.86. The molecule has 0 aliphatic carbocycles. The van der Waals surface area contributed by atoms with E-state index < -0.39 is 6.10 Å². The Balaban J connectivity index is 2.14. The number of rotatable bonds is 3. The number of aliphatic hydroxyl groups excluding tert-OH is 1. The van der Waals surface area contributed by atoms with Crippen molar-refractivity contribution in [3.8, 4) is 0 Å². The molecule has 3 aromatic rings. The van der Waals surface area contributed by atoms with E-state index in [9.17, 15) is 5.11 Å². The van der Waals surface area contributed by atoms with E-state index in [1.807, 2.05) is 48.0 Å². The van der Waals surface area contributed by atoms with E-state index in [-0.39, 0.29) is 0 Å². The van der Waals surface area contributed by atoms with Crippen LogP contribution in [0.2, 0.25) is 0 Å². The van der Waals surface area contributed by atoms with Crippen molar-refractivity contribution in [2.24, 2.45) is 0 Å². The van der Waals surface area contributed by atoms with Crippen molar-refractivity contribution >= 4 is 10.8 Å². The van der Waals surface area contributed by atoms with E-state index in [1.165, 1.54) is 0 Å². The van der Waals surface area contributed by atoms with Gasteiger partial charge in [-0.1, -0.05) is 42.5 Å². The lowest BCUT2D eigenvalue weighted by atomic mass is 9.99. The molecule has 3 nitrogen and oxygen atoms in total. The molecule has 1 heterocycles. The first-order valence-corrected chi connectivity index (χ1v) is 6.48. The first-order chi connectivity index (χ1) is 9.31. The van der Waals surface area contributed by atoms with Crippen LogP contribution in [-0.4, -0.2) is 14.9 Å². The number of aliphatic hydroxyl groups is 1. The summed E-state index contributed by atoms with van der Waals surface area (Å²) >= 11 is 0. The Hall–Kier alpha value is -2.13. The highest BCUT2D eigenvalue weighted by Gasteiger charge is 2.16. The summed E-state index contributed by atoms with van der Waals surface area (Å²) in [6, 6.07) is 16.0. The Morgan fingerprint density at radius 3 is 2.74 bits per heavy atom. The molecule has 3 rings (SSSR count). The van der Waals surface area contributed by atoms with Crippen LogP contribution in [0, 0.1) is 0 Å². The SMILES string of the molecule is CCn1nccc1C(O)c1cccc2ccccc12. The summed E-state index contributed by atoms with van der Waals surface area (Å²) < 4.78 is 1.83. The predicted molar refractivity (Wildman–Crippen MR) is 75.9 cm³/mol. The van der Waals surface area contributed by atoms with E-state index in [0.29, 0.717) is 0 Å². The molecule has 0 saturated carbocycles. The summed E-state index contributed by atoms with van der Waals surface area (Å²) in [5, 5.41) is 17.1. The normalized spacial score (nSPS) is 12.7. The van der Waals surface area contributed by atoms with Crippen LogP contribution in [0.1, 0.15) is 24.3 Å². The van der Waals surface area contributed by atoms with Gasteiger partial charge in [0.15, 0.2) is 0 Å². The van der Waals surface area contributed by atoms with Gasteiger partial charge in [-0.15, -0.1) is 0 Å². The summed E-state index contributed by atoms with van der Waals surface area (Å²) in [6.07, 6.45) is 1.08. The quantitative estimate of drug-likeness (QED) is 0.777. The van der Waals surface area contributed by atoms with E-state index in [1.54, 1.807) is 6.20 Å². The number of aromatic nitrogens is 2. The van der Waals surface area contributed by atoms with Crippen molar-refractivity contribution in [2.45, 2.75) is 19.6 Å². The molecule has 0 bridgehead atoms. The first kappa shape index (κ1) is 11.9. The fraction of sp³-hybridized carbons (Fsp3) is 0.188. The van der Waals surface area contributed by atoms with Crippen molar-refractivity contribution in [1.82, 2.24) is 9.78 Å². The maximum Gasteiger partial charge on any atom is 0.121 e. The lowest BCUT2D eigenvalue weighted by Crippen LogP contribution is -2.09. The maximum atomic E-state index is 10.6. The minimum absolute atomic E-state index is 0.645. The van der Waals surface area contributed by atoms with Crippen molar-refractivity contribution in [3.63, 3.8) is 0 Å². The molecule has 19 heavy (non-hydrogen) atoms. The molecule has 2 aromatic carbocycles. The van der Waals surface area contributed by atoms with Crippen LogP contribution >= 0.6 is 0 Å². The zero-order valence-corrected chi connectivity index (χ0v) is 10.8. The van der Waals surface area contributed by atoms with Gasteiger partial charge in [-0.3, -0.25) is 4.68 Å². The third-order valence-electron chi connectivity index (χ3n) is 3.45. The number of fused-ring (bicyclic) bond motifs is 1. The average Bonchev–Trinajstić information content (AvgIpc) is 2.94. The maximum absolute atomic E-state index is 10.6. The summed E-state index contributed by atoms with van der Waals surface area (Å²) in [6.45, 7) is 2.77. The summed E-state index contributed by atoms with van der Waals surface area (Å²) in [5.74, 6) is 0. The fourth-order valence-electron chi connectivity index (χ4n) is 2.49. The van der Waals surface area contributed by atoms with Crippen LogP contribution in [0.25, 0.3) is 10.8 Å². The standard InChI is InChI=1S/C16H16N2O/c1-2-18-15(10-11-17-18)16(19)14-9-5-7-12-6-3-4-8-13(12)14/h3-11,16,19H,2H2,1H3. The first-order valence-electron chi connectivity index (χ1n) is 6.48. The van der Waals surface area contributed by atoms with Gasteiger partial charge in [0.2, 0.25) is 0 Å². The third-order valence-corrected chi connectivity index (χ3v) is 3.45. The zero-order chi connectivity index (χ0) is 13.2. The van der Waals surface area contributed by atoms with Crippen LogP contribution in [0.3, 0.4) is 0 Å². The minimum Gasteiger partial charge on any atom is -0.382 e. The van der Waals surface area contributed by atoms with Crippen LogP contribution < -0.4 is 0 Å². The molecule has 1 aromatic heterocycles. The molecule has 1 N–H and O–H groups in total. The number of hydrogen-bond donors (Lipinski definition) is 1. The Kier molecular flexibility index (Phi) is 3.05. The van der Waals surface area contributed by atoms with Crippen molar-refractivity contribution in [2.75, 3.05) is 0 Å². The smallest absolute Gasteiger partial charge is 0.121 e. The van der Waals surface area contributed by atoms with Crippen LogP contribution in [-0.2, 0) is 6.54 Å². The van der Waals surface area contributed by atoms with Crippen LogP contribution in [0.4, 0.5) is 0 Å².